The number of aryl methyl sites for hydroxylation is 1. The average molecular weight is 425 g/mol. The second-order valence-corrected chi connectivity index (χ2v) is 9.51. The Bertz CT molecular complexity index is 1010. The van der Waals surface area contributed by atoms with Gasteiger partial charge in [-0.2, -0.15) is 0 Å². The minimum atomic E-state index is -0.318. The zero-order valence-corrected chi connectivity index (χ0v) is 19.1. The van der Waals surface area contributed by atoms with E-state index in [9.17, 15) is 4.79 Å². The number of methoxy groups -OCH3 is 1. The van der Waals surface area contributed by atoms with Crippen LogP contribution in [0.15, 0.2) is 53.7 Å². The molecule has 1 aromatic heterocycles. The number of aromatic nitrogens is 3. The van der Waals surface area contributed by atoms with Gasteiger partial charge >= 0.3 is 0 Å². The minimum Gasteiger partial charge on any atom is -0.497 e. The molecule has 1 amide bonds. The van der Waals surface area contributed by atoms with Crippen molar-refractivity contribution in [3.05, 3.63) is 54.1 Å². The van der Waals surface area contributed by atoms with E-state index in [2.05, 4.69) is 34.6 Å². The van der Waals surface area contributed by atoms with E-state index in [0.29, 0.717) is 11.0 Å². The number of nitrogens with zero attached hydrogens (tertiary/aromatic N) is 3. The highest BCUT2D eigenvalue weighted by Crippen LogP contribution is 2.31. The lowest BCUT2D eigenvalue weighted by Crippen LogP contribution is -2.44. The average Bonchev–Trinajstić information content (AvgIpc) is 3.10. The lowest BCUT2D eigenvalue weighted by atomic mass is 10.1. The van der Waals surface area contributed by atoms with Crippen molar-refractivity contribution in [3.8, 4) is 22.8 Å². The number of benzene rings is 2. The van der Waals surface area contributed by atoms with Gasteiger partial charge in [0.15, 0.2) is 11.0 Å². The van der Waals surface area contributed by atoms with Crippen LogP contribution in [0.25, 0.3) is 17.1 Å². The summed E-state index contributed by atoms with van der Waals surface area (Å²) < 4.78 is 7.26. The molecule has 0 aliphatic heterocycles. The first-order valence-corrected chi connectivity index (χ1v) is 10.7. The fourth-order valence-corrected chi connectivity index (χ4v) is 3.75. The first-order chi connectivity index (χ1) is 14.2. The van der Waals surface area contributed by atoms with Gasteiger partial charge in [0.25, 0.3) is 0 Å². The van der Waals surface area contributed by atoms with Crippen molar-refractivity contribution in [2.75, 3.05) is 7.11 Å². The molecule has 0 aliphatic rings. The van der Waals surface area contributed by atoms with E-state index < -0.39 is 0 Å². The SMILES string of the molecule is COc1ccc(-c2nnc(SC(C)C(=O)NC(C)(C)C)n2-c2ccc(C)cc2)cc1. The zero-order valence-electron chi connectivity index (χ0n) is 18.3. The molecule has 1 unspecified atom stereocenters. The number of hydrogen-bond donors (Lipinski definition) is 1. The number of ether oxygens (including phenoxy) is 1. The molecule has 3 aromatic rings. The summed E-state index contributed by atoms with van der Waals surface area (Å²) in [5.74, 6) is 1.46. The van der Waals surface area contributed by atoms with Gasteiger partial charge in [0.05, 0.1) is 12.4 Å². The molecular weight excluding hydrogens is 396 g/mol. The maximum Gasteiger partial charge on any atom is 0.233 e. The van der Waals surface area contributed by atoms with Gasteiger partial charge in [-0.3, -0.25) is 9.36 Å². The van der Waals surface area contributed by atoms with Crippen molar-refractivity contribution in [3.63, 3.8) is 0 Å². The third-order valence-corrected chi connectivity index (χ3v) is 5.47. The number of rotatable bonds is 6. The van der Waals surface area contributed by atoms with E-state index in [1.807, 2.05) is 68.7 Å². The van der Waals surface area contributed by atoms with Crippen LogP contribution in [-0.4, -0.2) is 38.6 Å². The Labute approximate surface area is 182 Å². The van der Waals surface area contributed by atoms with Crippen molar-refractivity contribution in [2.24, 2.45) is 0 Å². The fraction of sp³-hybridized carbons (Fsp3) is 0.348. The van der Waals surface area contributed by atoms with Gasteiger partial charge in [-0.05, 0) is 71.0 Å². The lowest BCUT2D eigenvalue weighted by Gasteiger charge is -2.23. The molecule has 0 spiro atoms. The second kappa shape index (κ2) is 8.92. The van der Waals surface area contributed by atoms with Crippen molar-refractivity contribution >= 4 is 17.7 Å². The molecular formula is C23H28N4O2S. The number of amides is 1. The molecule has 1 heterocycles. The number of carbonyl (C=O) groups excluding carboxylic acids is 1. The van der Waals surface area contributed by atoms with E-state index >= 15 is 0 Å². The predicted molar refractivity (Wildman–Crippen MR) is 121 cm³/mol. The van der Waals surface area contributed by atoms with Crippen LogP contribution in [0.5, 0.6) is 5.75 Å². The highest BCUT2D eigenvalue weighted by atomic mass is 32.2. The molecule has 7 heteroatoms. The van der Waals surface area contributed by atoms with Crippen molar-refractivity contribution in [1.29, 1.82) is 0 Å². The Morgan fingerprint density at radius 1 is 1.07 bits per heavy atom. The molecule has 6 nitrogen and oxygen atoms in total. The molecule has 0 bridgehead atoms. The standard InChI is InChI=1S/C23H28N4O2S/c1-15-7-11-18(12-8-15)27-20(17-9-13-19(29-6)14-10-17)25-26-22(27)30-16(2)21(28)24-23(3,4)5/h7-14,16H,1-6H3,(H,24,28). The molecule has 1 atom stereocenters. The van der Waals surface area contributed by atoms with Crippen molar-refractivity contribution in [2.45, 2.75) is 50.6 Å². The predicted octanol–water partition coefficient (Wildman–Crippen LogP) is 4.65. The Morgan fingerprint density at radius 3 is 2.27 bits per heavy atom. The number of hydrogen-bond acceptors (Lipinski definition) is 5. The van der Waals surface area contributed by atoms with E-state index in [4.69, 9.17) is 4.74 Å². The highest BCUT2D eigenvalue weighted by Gasteiger charge is 2.24. The smallest absolute Gasteiger partial charge is 0.233 e. The summed E-state index contributed by atoms with van der Waals surface area (Å²) in [7, 11) is 1.64. The summed E-state index contributed by atoms with van der Waals surface area (Å²) in [4.78, 5) is 12.6. The van der Waals surface area contributed by atoms with Crippen LogP contribution >= 0.6 is 11.8 Å². The van der Waals surface area contributed by atoms with E-state index in [1.165, 1.54) is 17.3 Å². The van der Waals surface area contributed by atoms with E-state index in [1.54, 1.807) is 7.11 Å². The normalized spacial score (nSPS) is 12.5. The topological polar surface area (TPSA) is 69.0 Å². The molecule has 0 radical (unpaired) electrons. The quantitative estimate of drug-likeness (QED) is 0.584. The van der Waals surface area contributed by atoms with E-state index in [-0.39, 0.29) is 16.7 Å². The van der Waals surface area contributed by atoms with Gasteiger partial charge < -0.3 is 10.1 Å². The molecule has 0 saturated heterocycles. The Kier molecular flexibility index (Phi) is 6.51. The summed E-state index contributed by atoms with van der Waals surface area (Å²) >= 11 is 1.39. The van der Waals surface area contributed by atoms with Gasteiger partial charge in [-0.15, -0.1) is 10.2 Å². The number of thioether (sulfide) groups is 1. The Hall–Kier alpha value is -2.80. The molecule has 0 saturated carbocycles. The molecule has 3 rings (SSSR count). The van der Waals surface area contributed by atoms with Gasteiger partial charge in [0.1, 0.15) is 5.75 Å². The molecule has 158 valence electrons. The minimum absolute atomic E-state index is 0.0306. The van der Waals surface area contributed by atoms with Crippen LogP contribution in [0.2, 0.25) is 0 Å². The number of carbonyl (C=O) groups is 1. The zero-order chi connectivity index (χ0) is 21.9. The van der Waals surface area contributed by atoms with Gasteiger partial charge in [0.2, 0.25) is 5.91 Å². The third-order valence-electron chi connectivity index (χ3n) is 4.42. The van der Waals surface area contributed by atoms with Crippen molar-refractivity contribution in [1.82, 2.24) is 20.1 Å². The molecule has 0 fully saturated rings. The summed E-state index contributed by atoms with van der Waals surface area (Å²) in [6.45, 7) is 9.85. The molecule has 30 heavy (non-hydrogen) atoms. The Morgan fingerprint density at radius 2 is 1.70 bits per heavy atom. The first-order valence-electron chi connectivity index (χ1n) is 9.83. The van der Waals surface area contributed by atoms with Crippen LogP contribution in [0.3, 0.4) is 0 Å². The first kappa shape index (κ1) is 21.9. The van der Waals surface area contributed by atoms with E-state index in [0.717, 1.165) is 17.0 Å². The van der Waals surface area contributed by atoms with Gasteiger partial charge in [-0.1, -0.05) is 29.5 Å². The van der Waals surface area contributed by atoms with Crippen LogP contribution < -0.4 is 10.1 Å². The van der Waals surface area contributed by atoms with Crippen LogP contribution in [-0.2, 0) is 4.79 Å². The summed E-state index contributed by atoms with van der Waals surface area (Å²) in [6, 6.07) is 15.9. The molecule has 0 aliphatic carbocycles. The number of nitrogens with one attached hydrogen (secondary N) is 1. The lowest BCUT2D eigenvalue weighted by molar-refractivity contribution is -0.121. The maximum absolute atomic E-state index is 12.6. The largest absolute Gasteiger partial charge is 0.497 e. The second-order valence-electron chi connectivity index (χ2n) is 8.20. The summed E-state index contributed by atoms with van der Waals surface area (Å²) in [6.07, 6.45) is 0. The monoisotopic (exact) mass is 424 g/mol. The van der Waals surface area contributed by atoms with Crippen LogP contribution in [0.4, 0.5) is 0 Å². The maximum atomic E-state index is 12.6. The van der Waals surface area contributed by atoms with Gasteiger partial charge in [0, 0.05) is 16.8 Å². The fourth-order valence-electron chi connectivity index (χ4n) is 2.88. The summed E-state index contributed by atoms with van der Waals surface area (Å²) in [5.41, 5.74) is 2.75. The highest BCUT2D eigenvalue weighted by molar-refractivity contribution is 8.00. The van der Waals surface area contributed by atoms with Crippen LogP contribution in [0.1, 0.15) is 33.3 Å². The van der Waals surface area contributed by atoms with Crippen molar-refractivity contribution < 1.29 is 9.53 Å². The molecule has 1 N–H and O–H groups in total. The summed E-state index contributed by atoms with van der Waals surface area (Å²) in [5, 5.41) is 12.2. The van der Waals surface area contributed by atoms with Gasteiger partial charge in [-0.25, -0.2) is 0 Å². The third kappa shape index (κ3) is 5.21. The van der Waals surface area contributed by atoms with Crippen LogP contribution in [0, 0.1) is 6.92 Å². The molecule has 2 aromatic carbocycles. The Balaban J connectivity index is 1.99.